The molecule has 0 aromatic rings. The Hall–Kier alpha value is -2.78. The third-order valence-corrected chi connectivity index (χ3v) is 5.23. The number of aliphatic hydroxyl groups is 2. The maximum absolute atomic E-state index is 12.3. The molecule has 3 N–H and O–H groups in total. The quantitative estimate of drug-likeness (QED) is 0.276. The highest BCUT2D eigenvalue weighted by Gasteiger charge is 2.51. The number of carboxylic acid groups (broad SMARTS) is 1. The van der Waals surface area contributed by atoms with Crippen molar-refractivity contribution in [2.24, 2.45) is 5.41 Å². The van der Waals surface area contributed by atoms with E-state index in [-0.39, 0.29) is 18.8 Å². The molecule has 0 fully saturated rings. The van der Waals surface area contributed by atoms with Gasteiger partial charge in [-0.3, -0.25) is 14.4 Å². The lowest BCUT2D eigenvalue weighted by atomic mass is 9.63. The Kier molecular flexibility index (Phi) is 8.48. The predicted molar refractivity (Wildman–Crippen MR) is 110 cm³/mol. The lowest BCUT2D eigenvalue weighted by molar-refractivity contribution is -0.160. The van der Waals surface area contributed by atoms with Crippen LogP contribution in [0.2, 0.25) is 0 Å². The molecule has 3 atom stereocenters. The summed E-state index contributed by atoms with van der Waals surface area (Å²) in [5, 5.41) is 30.4. The van der Waals surface area contributed by atoms with Gasteiger partial charge in [-0.05, 0) is 44.1 Å². The molecule has 1 aliphatic rings. The van der Waals surface area contributed by atoms with E-state index in [4.69, 9.17) is 9.84 Å². The van der Waals surface area contributed by atoms with Crippen molar-refractivity contribution in [3.63, 3.8) is 0 Å². The lowest BCUT2D eigenvalue weighted by Crippen LogP contribution is -2.52. The zero-order valence-electron chi connectivity index (χ0n) is 18.4. The SMILES string of the molecule is COC(=O)CC(C)(O)CC(=O)OCC1(C)CC(=O)C=C(C)C1(O)C=CC(C)=CC(=O)O. The van der Waals surface area contributed by atoms with E-state index < -0.39 is 47.4 Å². The Morgan fingerprint density at radius 3 is 2.39 bits per heavy atom. The van der Waals surface area contributed by atoms with E-state index in [0.717, 1.165) is 13.2 Å². The summed E-state index contributed by atoms with van der Waals surface area (Å²) in [6.45, 7) is 5.61. The summed E-state index contributed by atoms with van der Waals surface area (Å²) in [4.78, 5) is 46.6. The Morgan fingerprint density at radius 2 is 1.84 bits per heavy atom. The van der Waals surface area contributed by atoms with E-state index >= 15 is 0 Å². The van der Waals surface area contributed by atoms with Gasteiger partial charge in [-0.15, -0.1) is 0 Å². The van der Waals surface area contributed by atoms with Crippen LogP contribution in [0.25, 0.3) is 0 Å². The molecule has 172 valence electrons. The number of ether oxygens (including phenoxy) is 2. The minimum Gasteiger partial charge on any atom is -0.478 e. The molecule has 9 heteroatoms. The fourth-order valence-corrected chi connectivity index (χ4v) is 3.43. The molecule has 0 spiro atoms. The van der Waals surface area contributed by atoms with Gasteiger partial charge in [-0.25, -0.2) is 4.79 Å². The maximum Gasteiger partial charge on any atom is 0.328 e. The fraction of sp³-hybridized carbons (Fsp3) is 0.545. The van der Waals surface area contributed by atoms with Crippen LogP contribution in [0.3, 0.4) is 0 Å². The lowest BCUT2D eigenvalue weighted by Gasteiger charge is -2.45. The first-order valence-electron chi connectivity index (χ1n) is 9.63. The smallest absolute Gasteiger partial charge is 0.328 e. The van der Waals surface area contributed by atoms with Crippen LogP contribution in [0.1, 0.15) is 47.0 Å². The molecule has 9 nitrogen and oxygen atoms in total. The van der Waals surface area contributed by atoms with Crippen molar-refractivity contribution in [3.8, 4) is 0 Å². The largest absolute Gasteiger partial charge is 0.478 e. The number of methoxy groups -OCH3 is 1. The van der Waals surface area contributed by atoms with Gasteiger partial charge in [-0.1, -0.05) is 13.0 Å². The molecular formula is C22H30O9. The van der Waals surface area contributed by atoms with Gasteiger partial charge >= 0.3 is 17.9 Å². The number of aliphatic carboxylic acids is 1. The van der Waals surface area contributed by atoms with Crippen molar-refractivity contribution < 1.29 is 44.0 Å². The van der Waals surface area contributed by atoms with E-state index in [1.54, 1.807) is 20.8 Å². The van der Waals surface area contributed by atoms with Crippen LogP contribution in [0.15, 0.2) is 35.5 Å². The molecule has 0 aromatic carbocycles. The Morgan fingerprint density at radius 1 is 1.26 bits per heavy atom. The first kappa shape index (κ1) is 26.3. The van der Waals surface area contributed by atoms with Gasteiger partial charge < -0.3 is 24.8 Å². The van der Waals surface area contributed by atoms with Crippen LogP contribution in [-0.4, -0.2) is 63.9 Å². The highest BCUT2D eigenvalue weighted by Crippen LogP contribution is 2.45. The monoisotopic (exact) mass is 438 g/mol. The van der Waals surface area contributed by atoms with Crippen molar-refractivity contribution in [1.82, 2.24) is 0 Å². The molecule has 0 heterocycles. The summed E-state index contributed by atoms with van der Waals surface area (Å²) in [6.07, 6.45) is 4.04. The van der Waals surface area contributed by atoms with E-state index in [0.29, 0.717) is 11.1 Å². The fourth-order valence-electron chi connectivity index (χ4n) is 3.43. The zero-order chi connectivity index (χ0) is 24.0. The number of carbonyl (C=O) groups excluding carboxylic acids is 3. The van der Waals surface area contributed by atoms with Gasteiger partial charge in [0.05, 0.1) is 25.6 Å². The van der Waals surface area contributed by atoms with E-state index in [2.05, 4.69) is 4.74 Å². The van der Waals surface area contributed by atoms with Crippen LogP contribution < -0.4 is 0 Å². The van der Waals surface area contributed by atoms with Crippen LogP contribution in [0, 0.1) is 5.41 Å². The standard InChI is InChI=1S/C22H30O9/c1-14(8-17(24)25)6-7-22(29)15(2)9-16(23)10-20(22,3)13-31-19(27)12-21(4,28)11-18(26)30-5/h6-9,28-29H,10-13H2,1-5H3,(H,24,25). The predicted octanol–water partition coefficient (Wildman–Crippen LogP) is 1.48. The van der Waals surface area contributed by atoms with E-state index in [1.807, 2.05) is 0 Å². The van der Waals surface area contributed by atoms with Crippen LogP contribution in [0.4, 0.5) is 0 Å². The molecular weight excluding hydrogens is 408 g/mol. The number of carboxylic acids is 1. The molecule has 0 amide bonds. The molecule has 0 aromatic heterocycles. The van der Waals surface area contributed by atoms with Gasteiger partial charge in [0.25, 0.3) is 0 Å². The van der Waals surface area contributed by atoms with Crippen molar-refractivity contribution in [2.75, 3.05) is 13.7 Å². The van der Waals surface area contributed by atoms with Gasteiger partial charge in [0.15, 0.2) is 5.78 Å². The highest BCUT2D eigenvalue weighted by atomic mass is 16.5. The molecule has 0 saturated heterocycles. The molecule has 0 saturated carbocycles. The van der Waals surface area contributed by atoms with Gasteiger partial charge in [0.1, 0.15) is 12.2 Å². The van der Waals surface area contributed by atoms with Gasteiger partial charge in [0.2, 0.25) is 0 Å². The number of carbonyl (C=O) groups is 4. The summed E-state index contributed by atoms with van der Waals surface area (Å²) in [5.41, 5.74) is -3.93. The summed E-state index contributed by atoms with van der Waals surface area (Å²) < 4.78 is 9.75. The van der Waals surface area contributed by atoms with Gasteiger partial charge in [0, 0.05) is 17.9 Å². The van der Waals surface area contributed by atoms with E-state index in [1.165, 1.54) is 25.2 Å². The molecule has 31 heavy (non-hydrogen) atoms. The summed E-state index contributed by atoms with van der Waals surface area (Å²) in [7, 11) is 1.16. The van der Waals surface area contributed by atoms with Crippen molar-refractivity contribution in [1.29, 1.82) is 0 Å². The molecule has 1 aliphatic carbocycles. The second-order valence-electron chi connectivity index (χ2n) is 8.44. The second kappa shape index (κ2) is 10.0. The number of hydrogen-bond acceptors (Lipinski definition) is 8. The normalized spacial score (nSPS) is 26.2. The maximum atomic E-state index is 12.3. The average molecular weight is 438 g/mol. The first-order valence-corrected chi connectivity index (χ1v) is 9.63. The van der Waals surface area contributed by atoms with Crippen LogP contribution in [0.5, 0.6) is 0 Å². The molecule has 3 unspecified atom stereocenters. The number of hydrogen-bond donors (Lipinski definition) is 3. The zero-order valence-corrected chi connectivity index (χ0v) is 18.4. The Balaban J connectivity index is 3.05. The number of allylic oxidation sites excluding steroid dienone is 3. The third kappa shape index (κ3) is 7.15. The average Bonchev–Trinajstić information content (AvgIpc) is 2.61. The topological polar surface area (TPSA) is 147 Å². The van der Waals surface area contributed by atoms with Crippen molar-refractivity contribution in [2.45, 2.75) is 58.2 Å². The highest BCUT2D eigenvalue weighted by molar-refractivity contribution is 5.93. The first-order chi connectivity index (χ1) is 14.1. The minimum atomic E-state index is -1.69. The third-order valence-electron chi connectivity index (χ3n) is 5.23. The van der Waals surface area contributed by atoms with Crippen LogP contribution >= 0.6 is 0 Å². The summed E-state index contributed by atoms with van der Waals surface area (Å²) in [6, 6.07) is 0. The second-order valence-corrected chi connectivity index (χ2v) is 8.44. The number of esters is 2. The summed E-state index contributed by atoms with van der Waals surface area (Å²) in [5.74, 6) is -2.91. The van der Waals surface area contributed by atoms with Crippen LogP contribution in [-0.2, 0) is 28.7 Å². The number of ketones is 1. The molecule has 0 aliphatic heterocycles. The minimum absolute atomic E-state index is 0.126. The van der Waals surface area contributed by atoms with Crippen molar-refractivity contribution >= 4 is 23.7 Å². The molecule has 0 radical (unpaired) electrons. The van der Waals surface area contributed by atoms with Crippen molar-refractivity contribution in [3.05, 3.63) is 35.5 Å². The molecule has 1 rings (SSSR count). The Labute approximate surface area is 181 Å². The van der Waals surface area contributed by atoms with E-state index in [9.17, 15) is 29.4 Å². The summed E-state index contributed by atoms with van der Waals surface area (Å²) >= 11 is 0. The number of rotatable bonds is 9. The Bertz CT molecular complexity index is 834. The van der Waals surface area contributed by atoms with Gasteiger partial charge in [-0.2, -0.15) is 0 Å². The molecule has 0 bridgehead atoms.